The fourth-order valence-corrected chi connectivity index (χ4v) is 1.87. The molecule has 0 aliphatic rings. The van der Waals surface area contributed by atoms with Gasteiger partial charge in [0.1, 0.15) is 11.5 Å². The third kappa shape index (κ3) is 4.63. The number of hydrogen-bond donors (Lipinski definition) is 2. The molecule has 2 N–H and O–H groups in total. The zero-order valence-electron chi connectivity index (χ0n) is 13.6. The number of methoxy groups -OCH3 is 2. The molecule has 0 fully saturated rings. The molecular weight excluding hydrogens is 286 g/mol. The molecule has 1 rings (SSSR count). The van der Waals surface area contributed by atoms with Gasteiger partial charge in [-0.25, -0.2) is 4.79 Å². The summed E-state index contributed by atoms with van der Waals surface area (Å²) >= 11 is 0. The molecular formula is C15H23N3O4. The van der Waals surface area contributed by atoms with Crippen LogP contribution in [0.3, 0.4) is 0 Å². The van der Waals surface area contributed by atoms with Crippen molar-refractivity contribution in [3.05, 3.63) is 23.8 Å². The first-order valence-corrected chi connectivity index (χ1v) is 6.86. The fraction of sp³-hybridized carbons (Fsp3) is 0.467. The molecule has 22 heavy (non-hydrogen) atoms. The highest BCUT2D eigenvalue weighted by Gasteiger charge is 2.20. The highest BCUT2D eigenvalue weighted by atomic mass is 16.5. The summed E-state index contributed by atoms with van der Waals surface area (Å²) in [5.74, 6) is 1.02. The molecule has 7 heteroatoms. The van der Waals surface area contributed by atoms with Gasteiger partial charge in [-0.2, -0.15) is 0 Å². The Bertz CT molecular complexity index is 534. The summed E-state index contributed by atoms with van der Waals surface area (Å²) < 4.78 is 10.5. The van der Waals surface area contributed by atoms with Crippen molar-refractivity contribution in [2.75, 3.05) is 28.3 Å². The number of rotatable bonds is 6. The van der Waals surface area contributed by atoms with Gasteiger partial charge < -0.3 is 14.8 Å². The smallest absolute Gasteiger partial charge is 0.321 e. The van der Waals surface area contributed by atoms with Gasteiger partial charge in [-0.3, -0.25) is 15.0 Å². The second-order valence-corrected chi connectivity index (χ2v) is 4.84. The maximum atomic E-state index is 11.9. The summed E-state index contributed by atoms with van der Waals surface area (Å²) in [4.78, 5) is 24.9. The minimum absolute atomic E-state index is 0.366. The third-order valence-electron chi connectivity index (χ3n) is 3.42. The number of ether oxygens (including phenoxy) is 2. The summed E-state index contributed by atoms with van der Waals surface area (Å²) in [6.07, 6.45) is 0. The molecule has 122 valence electrons. The van der Waals surface area contributed by atoms with Gasteiger partial charge in [0.25, 0.3) is 0 Å². The van der Waals surface area contributed by atoms with E-state index in [1.54, 1.807) is 34.3 Å². The lowest BCUT2D eigenvalue weighted by Gasteiger charge is -2.24. The zero-order chi connectivity index (χ0) is 16.7. The van der Waals surface area contributed by atoms with Crippen molar-refractivity contribution < 1.29 is 19.1 Å². The number of imide groups is 1. The summed E-state index contributed by atoms with van der Waals surface area (Å²) in [6, 6.07) is 4.52. The average Bonchev–Trinajstić information content (AvgIpc) is 2.53. The van der Waals surface area contributed by atoms with E-state index >= 15 is 0 Å². The topological polar surface area (TPSA) is 79.9 Å². The quantitative estimate of drug-likeness (QED) is 0.819. The minimum Gasteiger partial charge on any atom is -0.497 e. The van der Waals surface area contributed by atoms with Crippen LogP contribution in [0, 0.1) is 0 Å². The first-order valence-electron chi connectivity index (χ1n) is 6.86. The van der Waals surface area contributed by atoms with Gasteiger partial charge in [0.15, 0.2) is 0 Å². The Kier molecular flexibility index (Phi) is 6.65. The monoisotopic (exact) mass is 309 g/mol. The highest BCUT2D eigenvalue weighted by Crippen LogP contribution is 2.25. The van der Waals surface area contributed by atoms with Crippen molar-refractivity contribution in [3.63, 3.8) is 0 Å². The summed E-state index contributed by atoms with van der Waals surface area (Å²) in [7, 11) is 6.43. The van der Waals surface area contributed by atoms with E-state index in [9.17, 15) is 9.59 Å². The molecule has 0 saturated heterocycles. The fourth-order valence-electron chi connectivity index (χ4n) is 1.87. The van der Waals surface area contributed by atoms with E-state index in [1.165, 1.54) is 7.05 Å². The van der Waals surface area contributed by atoms with Crippen molar-refractivity contribution >= 4 is 11.9 Å². The number of hydrogen-bond acceptors (Lipinski definition) is 5. The molecule has 1 atom stereocenters. The van der Waals surface area contributed by atoms with Crippen LogP contribution in [0.15, 0.2) is 18.2 Å². The SMILES string of the molecule is CNC(=O)NC(=O)[C@H](C)N(C)Cc1ccc(OC)cc1OC. The zero-order valence-corrected chi connectivity index (χ0v) is 13.6. The van der Waals surface area contributed by atoms with Crippen molar-refractivity contribution in [1.29, 1.82) is 0 Å². The van der Waals surface area contributed by atoms with Crippen LogP contribution in [0.5, 0.6) is 11.5 Å². The van der Waals surface area contributed by atoms with Crippen LogP contribution in [0.1, 0.15) is 12.5 Å². The number of likely N-dealkylation sites (N-methyl/N-ethyl adjacent to an activating group) is 1. The van der Waals surface area contributed by atoms with Crippen LogP contribution in [0.25, 0.3) is 0 Å². The molecule has 0 saturated carbocycles. The van der Waals surface area contributed by atoms with Crippen molar-refractivity contribution in [2.45, 2.75) is 19.5 Å². The maximum Gasteiger partial charge on any atom is 0.321 e. The predicted octanol–water partition coefficient (Wildman–Crippen LogP) is 0.980. The van der Waals surface area contributed by atoms with Gasteiger partial charge in [-0.05, 0) is 20.0 Å². The summed E-state index contributed by atoms with van der Waals surface area (Å²) in [6.45, 7) is 2.23. The molecule has 7 nitrogen and oxygen atoms in total. The van der Waals surface area contributed by atoms with E-state index in [0.29, 0.717) is 18.0 Å². The highest BCUT2D eigenvalue weighted by molar-refractivity contribution is 5.96. The van der Waals surface area contributed by atoms with E-state index in [4.69, 9.17) is 9.47 Å². The van der Waals surface area contributed by atoms with Crippen LogP contribution in [-0.2, 0) is 11.3 Å². The lowest BCUT2D eigenvalue weighted by Crippen LogP contribution is -2.47. The van der Waals surface area contributed by atoms with Crippen LogP contribution in [0.4, 0.5) is 4.79 Å². The predicted molar refractivity (Wildman–Crippen MR) is 83.1 cm³/mol. The van der Waals surface area contributed by atoms with E-state index in [2.05, 4.69) is 10.6 Å². The number of carbonyl (C=O) groups excluding carboxylic acids is 2. The number of nitrogens with one attached hydrogen (secondary N) is 2. The Hall–Kier alpha value is -2.28. The van der Waals surface area contributed by atoms with Gasteiger partial charge in [-0.1, -0.05) is 6.07 Å². The van der Waals surface area contributed by atoms with E-state index < -0.39 is 12.1 Å². The Labute approximate surface area is 130 Å². The second kappa shape index (κ2) is 8.23. The Morgan fingerprint density at radius 1 is 1.27 bits per heavy atom. The average molecular weight is 309 g/mol. The van der Waals surface area contributed by atoms with Gasteiger partial charge >= 0.3 is 6.03 Å². The molecule has 1 aromatic carbocycles. The van der Waals surface area contributed by atoms with Gasteiger partial charge in [0.2, 0.25) is 5.91 Å². The van der Waals surface area contributed by atoms with Gasteiger partial charge in [-0.15, -0.1) is 0 Å². The maximum absolute atomic E-state index is 11.9. The molecule has 0 aromatic heterocycles. The van der Waals surface area contributed by atoms with Crippen LogP contribution < -0.4 is 20.1 Å². The van der Waals surface area contributed by atoms with Crippen LogP contribution in [-0.4, -0.2) is 51.2 Å². The van der Waals surface area contributed by atoms with Crippen molar-refractivity contribution in [1.82, 2.24) is 15.5 Å². The lowest BCUT2D eigenvalue weighted by atomic mass is 10.1. The molecule has 0 heterocycles. The molecule has 3 amide bonds. The molecule has 0 aliphatic carbocycles. The first kappa shape index (κ1) is 17.8. The van der Waals surface area contributed by atoms with E-state index in [1.807, 2.05) is 17.0 Å². The van der Waals surface area contributed by atoms with Gasteiger partial charge in [0.05, 0.1) is 20.3 Å². The van der Waals surface area contributed by atoms with E-state index in [0.717, 1.165) is 5.56 Å². The molecule has 0 unspecified atom stereocenters. The normalized spacial score (nSPS) is 11.7. The number of benzene rings is 1. The summed E-state index contributed by atoms with van der Waals surface area (Å²) in [5.41, 5.74) is 0.922. The molecule has 0 bridgehead atoms. The number of urea groups is 1. The van der Waals surface area contributed by atoms with Gasteiger partial charge in [0, 0.05) is 25.2 Å². The lowest BCUT2D eigenvalue weighted by molar-refractivity contribution is -0.124. The summed E-state index contributed by atoms with van der Waals surface area (Å²) in [5, 5.41) is 4.61. The Morgan fingerprint density at radius 3 is 2.50 bits per heavy atom. The van der Waals surface area contributed by atoms with Crippen LogP contribution >= 0.6 is 0 Å². The third-order valence-corrected chi connectivity index (χ3v) is 3.42. The number of carbonyl (C=O) groups is 2. The standard InChI is InChI=1S/C15H23N3O4/c1-10(14(19)17-15(20)16-2)18(3)9-11-6-7-12(21-4)8-13(11)22-5/h6-8,10H,9H2,1-5H3,(H2,16,17,19,20)/t10-/m0/s1. The molecule has 0 radical (unpaired) electrons. The Morgan fingerprint density at radius 2 is 1.95 bits per heavy atom. The minimum atomic E-state index is -0.521. The van der Waals surface area contributed by atoms with Crippen molar-refractivity contribution in [3.8, 4) is 11.5 Å². The first-order chi connectivity index (χ1) is 10.4. The van der Waals surface area contributed by atoms with Crippen molar-refractivity contribution in [2.24, 2.45) is 0 Å². The Balaban J connectivity index is 2.77. The molecule has 1 aromatic rings. The number of nitrogens with zero attached hydrogens (tertiary/aromatic N) is 1. The second-order valence-electron chi connectivity index (χ2n) is 4.84. The van der Waals surface area contributed by atoms with E-state index in [-0.39, 0.29) is 5.91 Å². The van der Waals surface area contributed by atoms with Crippen LogP contribution in [0.2, 0.25) is 0 Å². The molecule has 0 aliphatic heterocycles. The molecule has 0 spiro atoms. The number of amides is 3. The largest absolute Gasteiger partial charge is 0.497 e.